The van der Waals surface area contributed by atoms with Crippen molar-refractivity contribution in [1.82, 2.24) is 0 Å². The minimum atomic E-state index is -0.429. The number of thiocarbonyl (C=S) groups is 1. The second-order valence-corrected chi connectivity index (χ2v) is 5.26. The van der Waals surface area contributed by atoms with Crippen LogP contribution in [-0.4, -0.2) is 10.8 Å². The number of hydrogen-bond donors (Lipinski definition) is 1. The van der Waals surface area contributed by atoms with Crippen molar-refractivity contribution in [3.8, 4) is 0 Å². The van der Waals surface area contributed by atoms with Crippen molar-refractivity contribution in [2.24, 2.45) is 0 Å². The van der Waals surface area contributed by atoms with E-state index < -0.39 is 5.92 Å². The molecule has 0 radical (unpaired) electrons. The van der Waals surface area contributed by atoms with E-state index in [0.29, 0.717) is 15.6 Å². The van der Waals surface area contributed by atoms with Crippen LogP contribution < -0.4 is 5.32 Å². The minimum absolute atomic E-state index is 0.0293. The van der Waals surface area contributed by atoms with E-state index in [1.54, 1.807) is 12.1 Å². The number of Topliss-reactive ketones (excluding diaryl/α,β-unsaturated/α-hetero) is 1. The molecule has 1 aliphatic heterocycles. The van der Waals surface area contributed by atoms with Gasteiger partial charge in [-0.25, -0.2) is 0 Å². The van der Waals surface area contributed by atoms with Gasteiger partial charge in [0.05, 0.1) is 10.9 Å². The van der Waals surface area contributed by atoms with E-state index in [2.05, 4.69) is 5.32 Å². The van der Waals surface area contributed by atoms with Gasteiger partial charge in [-0.1, -0.05) is 48.1 Å². The fourth-order valence-corrected chi connectivity index (χ4v) is 2.72. The summed E-state index contributed by atoms with van der Waals surface area (Å²) in [5.74, 6) is -0.399. The smallest absolute Gasteiger partial charge is 0.179 e. The summed E-state index contributed by atoms with van der Waals surface area (Å²) in [6.07, 6.45) is 0. The lowest BCUT2D eigenvalue weighted by Gasteiger charge is -2.26. The molecule has 1 heterocycles. The fourth-order valence-electron chi connectivity index (χ4n) is 2.24. The van der Waals surface area contributed by atoms with Gasteiger partial charge in [0.1, 0.15) is 0 Å². The predicted octanol–water partition coefficient (Wildman–Crippen LogP) is 4.06. The summed E-state index contributed by atoms with van der Waals surface area (Å²) < 4.78 is 0. The summed E-state index contributed by atoms with van der Waals surface area (Å²) in [5.41, 5.74) is 2.32. The number of fused-ring (bicyclic) bond motifs is 1. The molecule has 0 saturated heterocycles. The fraction of sp³-hybridized carbons (Fsp3) is 0.0667. The number of para-hydroxylation sites is 1. The first-order valence-electron chi connectivity index (χ1n) is 5.86. The number of hydrogen-bond acceptors (Lipinski definition) is 2. The lowest BCUT2D eigenvalue weighted by molar-refractivity contribution is 0.0982. The van der Waals surface area contributed by atoms with E-state index in [1.807, 2.05) is 36.4 Å². The number of nitrogens with one attached hydrogen (secondary N) is 1. The van der Waals surface area contributed by atoms with Gasteiger partial charge in [0, 0.05) is 16.3 Å². The van der Waals surface area contributed by atoms with Gasteiger partial charge in [-0.2, -0.15) is 0 Å². The Bertz CT molecular complexity index is 666. The molecule has 4 heteroatoms. The maximum absolute atomic E-state index is 12.6. The topological polar surface area (TPSA) is 29.1 Å². The normalized spacial score (nSPS) is 17.8. The Morgan fingerprint density at radius 2 is 1.74 bits per heavy atom. The second-order valence-electron chi connectivity index (χ2n) is 4.38. The van der Waals surface area contributed by atoms with Crippen molar-refractivity contribution >= 4 is 40.3 Å². The highest BCUT2D eigenvalue weighted by molar-refractivity contribution is 7.80. The Kier molecular flexibility index (Phi) is 3.09. The lowest BCUT2D eigenvalue weighted by Crippen LogP contribution is -2.32. The van der Waals surface area contributed by atoms with E-state index in [-0.39, 0.29) is 5.78 Å². The van der Waals surface area contributed by atoms with E-state index >= 15 is 0 Å². The average molecular weight is 288 g/mol. The van der Waals surface area contributed by atoms with Crippen LogP contribution in [0, 0.1) is 0 Å². The number of anilines is 1. The Morgan fingerprint density at radius 3 is 2.47 bits per heavy atom. The van der Waals surface area contributed by atoms with E-state index in [1.165, 1.54) is 0 Å². The first-order valence-corrected chi connectivity index (χ1v) is 6.65. The molecule has 19 heavy (non-hydrogen) atoms. The second kappa shape index (κ2) is 4.76. The predicted molar refractivity (Wildman–Crippen MR) is 81.2 cm³/mol. The quantitative estimate of drug-likeness (QED) is 0.802. The van der Waals surface area contributed by atoms with Gasteiger partial charge in [-0.05, 0) is 29.8 Å². The van der Waals surface area contributed by atoms with Crippen LogP contribution in [0.25, 0.3) is 0 Å². The van der Waals surface area contributed by atoms with Gasteiger partial charge in [-0.3, -0.25) is 4.79 Å². The average Bonchev–Trinajstić information content (AvgIpc) is 2.41. The largest absolute Gasteiger partial charge is 0.349 e. The number of ketones is 1. The summed E-state index contributed by atoms with van der Waals surface area (Å²) in [4.78, 5) is 13.1. The maximum atomic E-state index is 12.6. The summed E-state index contributed by atoms with van der Waals surface area (Å²) >= 11 is 11.2. The van der Waals surface area contributed by atoms with Crippen LogP contribution >= 0.6 is 23.8 Å². The summed E-state index contributed by atoms with van der Waals surface area (Å²) in [7, 11) is 0. The highest BCUT2D eigenvalue weighted by Crippen LogP contribution is 2.32. The van der Waals surface area contributed by atoms with E-state index in [0.717, 1.165) is 11.3 Å². The molecule has 94 valence electrons. The number of carbonyl (C=O) groups excluding carboxylic acids is 1. The summed E-state index contributed by atoms with van der Waals surface area (Å²) in [6.45, 7) is 0. The molecule has 3 rings (SSSR count). The Hall–Kier alpha value is -1.71. The number of benzene rings is 2. The molecule has 1 N–H and O–H groups in total. The Balaban J connectivity index is 2.06. The molecule has 0 aromatic heterocycles. The molecule has 0 fully saturated rings. The molecule has 2 aromatic carbocycles. The molecule has 0 bridgehead atoms. The summed E-state index contributed by atoms with van der Waals surface area (Å²) in [5, 5.41) is 3.78. The van der Waals surface area contributed by atoms with Gasteiger partial charge in [-0.15, -0.1) is 0 Å². The molecule has 0 spiro atoms. The van der Waals surface area contributed by atoms with Crippen LogP contribution in [-0.2, 0) is 0 Å². The van der Waals surface area contributed by atoms with Gasteiger partial charge in [0.15, 0.2) is 5.78 Å². The number of carbonyl (C=O) groups is 1. The van der Waals surface area contributed by atoms with Gasteiger partial charge >= 0.3 is 0 Å². The third kappa shape index (κ3) is 2.15. The Morgan fingerprint density at radius 1 is 1.05 bits per heavy atom. The molecule has 0 aliphatic carbocycles. The lowest BCUT2D eigenvalue weighted by atomic mass is 9.87. The van der Waals surface area contributed by atoms with Crippen LogP contribution in [0.1, 0.15) is 21.8 Å². The van der Waals surface area contributed by atoms with Crippen molar-refractivity contribution in [2.45, 2.75) is 5.92 Å². The van der Waals surface area contributed by atoms with E-state index in [4.69, 9.17) is 23.8 Å². The summed E-state index contributed by atoms with van der Waals surface area (Å²) in [6, 6.07) is 14.6. The molecule has 0 saturated carbocycles. The van der Waals surface area contributed by atoms with Gasteiger partial charge < -0.3 is 5.32 Å². The Labute approximate surface area is 121 Å². The molecule has 2 aromatic rings. The van der Waals surface area contributed by atoms with Gasteiger partial charge in [0.2, 0.25) is 0 Å². The third-order valence-electron chi connectivity index (χ3n) is 3.18. The van der Waals surface area contributed by atoms with Crippen molar-refractivity contribution in [1.29, 1.82) is 0 Å². The van der Waals surface area contributed by atoms with Crippen LogP contribution in [0.4, 0.5) is 5.69 Å². The van der Waals surface area contributed by atoms with Crippen molar-refractivity contribution in [3.05, 3.63) is 64.7 Å². The van der Waals surface area contributed by atoms with E-state index in [9.17, 15) is 4.79 Å². The van der Waals surface area contributed by atoms with Crippen LogP contribution in [0.3, 0.4) is 0 Å². The third-order valence-corrected chi connectivity index (χ3v) is 3.77. The zero-order valence-corrected chi connectivity index (χ0v) is 11.5. The zero-order valence-electron chi connectivity index (χ0n) is 9.89. The van der Waals surface area contributed by atoms with Gasteiger partial charge in [0.25, 0.3) is 0 Å². The molecule has 1 aliphatic rings. The van der Waals surface area contributed by atoms with Crippen LogP contribution in [0.15, 0.2) is 48.5 Å². The molecule has 1 unspecified atom stereocenters. The zero-order chi connectivity index (χ0) is 13.4. The van der Waals surface area contributed by atoms with Crippen molar-refractivity contribution in [2.75, 3.05) is 5.32 Å². The van der Waals surface area contributed by atoms with Crippen LogP contribution in [0.2, 0.25) is 5.02 Å². The molecule has 2 nitrogen and oxygen atoms in total. The highest BCUT2D eigenvalue weighted by Gasteiger charge is 2.32. The minimum Gasteiger partial charge on any atom is -0.349 e. The first kappa shape index (κ1) is 12.3. The van der Waals surface area contributed by atoms with Crippen molar-refractivity contribution < 1.29 is 4.79 Å². The molecule has 1 atom stereocenters. The van der Waals surface area contributed by atoms with Crippen LogP contribution in [0.5, 0.6) is 0 Å². The van der Waals surface area contributed by atoms with Crippen molar-refractivity contribution in [3.63, 3.8) is 0 Å². The molecule has 0 amide bonds. The first-order chi connectivity index (χ1) is 9.16. The standard InChI is InChI=1S/C15H10ClNOS/c16-10-7-5-9(6-8-10)13-14(18)11-3-1-2-4-12(11)17-15(13)19/h1-8,13H,(H,17,19). The SMILES string of the molecule is O=C1c2ccccc2NC(=S)C1c1ccc(Cl)cc1. The molecular weight excluding hydrogens is 278 g/mol. The number of halogens is 1. The monoisotopic (exact) mass is 287 g/mol. The maximum Gasteiger partial charge on any atom is 0.179 e. The number of rotatable bonds is 1. The molecular formula is C15H10ClNOS. The highest BCUT2D eigenvalue weighted by atomic mass is 35.5.